The summed E-state index contributed by atoms with van der Waals surface area (Å²) >= 11 is 9.62. The first-order valence-electron chi connectivity index (χ1n) is 7.34. The molecule has 0 saturated carbocycles. The normalized spacial score (nSPS) is 12.4. The Morgan fingerprint density at radius 1 is 1.14 bits per heavy atom. The summed E-state index contributed by atoms with van der Waals surface area (Å²) in [5.74, 6) is 0. The maximum Gasteiger partial charge on any atom is 0.0548 e. The fraction of sp³-hybridized carbons (Fsp3) is 0.333. The van der Waals surface area contributed by atoms with Crippen molar-refractivity contribution < 1.29 is 0 Å². The zero-order valence-corrected chi connectivity index (χ0v) is 14.8. The third-order valence-corrected chi connectivity index (χ3v) is 4.76. The summed E-state index contributed by atoms with van der Waals surface area (Å²) in [7, 11) is 0. The molecule has 0 bridgehead atoms. The number of halogens is 2. The minimum Gasteiger partial charge on any atom is -0.310 e. The van der Waals surface area contributed by atoms with E-state index < -0.39 is 0 Å². The molecule has 3 heteroatoms. The van der Waals surface area contributed by atoms with Gasteiger partial charge in [-0.25, -0.2) is 0 Å². The maximum absolute atomic E-state index is 6.10. The van der Waals surface area contributed by atoms with Gasteiger partial charge in [0.25, 0.3) is 0 Å². The van der Waals surface area contributed by atoms with Crippen molar-refractivity contribution >= 4 is 27.5 Å². The van der Waals surface area contributed by atoms with Crippen LogP contribution in [-0.2, 0) is 6.42 Å². The van der Waals surface area contributed by atoms with Gasteiger partial charge in [0.05, 0.1) is 5.02 Å². The lowest BCUT2D eigenvalue weighted by Gasteiger charge is -2.20. The SMILES string of the molecule is CCCNC(Cc1ccc(C)cc1)c1ccc(Cl)c(Br)c1. The van der Waals surface area contributed by atoms with Gasteiger partial charge in [-0.05, 0) is 65.5 Å². The van der Waals surface area contributed by atoms with Crippen molar-refractivity contribution in [2.24, 2.45) is 0 Å². The first kappa shape index (κ1) is 16.5. The standard InChI is InChI=1S/C18H21BrClN/c1-3-10-21-18(11-14-6-4-13(2)5-7-14)15-8-9-17(20)16(19)12-15/h4-9,12,18,21H,3,10-11H2,1-2H3. The third-order valence-electron chi connectivity index (χ3n) is 3.55. The van der Waals surface area contributed by atoms with Crippen LogP contribution in [0.1, 0.15) is 36.1 Å². The Hall–Kier alpha value is -0.830. The van der Waals surface area contributed by atoms with Crippen LogP contribution in [0.4, 0.5) is 0 Å². The van der Waals surface area contributed by atoms with Crippen LogP contribution in [0.2, 0.25) is 5.02 Å². The average Bonchev–Trinajstić information content (AvgIpc) is 2.48. The van der Waals surface area contributed by atoms with E-state index in [1.54, 1.807) is 0 Å². The fourth-order valence-electron chi connectivity index (χ4n) is 2.32. The smallest absolute Gasteiger partial charge is 0.0548 e. The highest BCUT2D eigenvalue weighted by Crippen LogP contribution is 2.27. The van der Waals surface area contributed by atoms with Crippen LogP contribution in [0, 0.1) is 6.92 Å². The van der Waals surface area contributed by atoms with Gasteiger partial charge < -0.3 is 5.32 Å². The molecule has 0 aromatic heterocycles. The van der Waals surface area contributed by atoms with Gasteiger partial charge in [0.2, 0.25) is 0 Å². The largest absolute Gasteiger partial charge is 0.310 e. The Balaban J connectivity index is 2.20. The molecule has 0 aliphatic rings. The van der Waals surface area contributed by atoms with Gasteiger partial charge in [0.15, 0.2) is 0 Å². The summed E-state index contributed by atoms with van der Waals surface area (Å²) in [6.45, 7) is 5.32. The van der Waals surface area contributed by atoms with Crippen molar-refractivity contribution in [1.82, 2.24) is 5.32 Å². The molecule has 0 heterocycles. The van der Waals surface area contributed by atoms with E-state index in [0.717, 1.165) is 28.9 Å². The molecule has 0 fully saturated rings. The molecule has 2 aromatic carbocycles. The molecule has 1 atom stereocenters. The van der Waals surface area contributed by atoms with Crippen molar-refractivity contribution in [3.63, 3.8) is 0 Å². The van der Waals surface area contributed by atoms with Crippen LogP contribution in [0.25, 0.3) is 0 Å². The minimum atomic E-state index is 0.307. The van der Waals surface area contributed by atoms with Crippen molar-refractivity contribution in [3.8, 4) is 0 Å². The number of aryl methyl sites for hydroxylation is 1. The Kier molecular flexibility index (Phi) is 6.28. The van der Waals surface area contributed by atoms with Gasteiger partial charge in [0, 0.05) is 10.5 Å². The van der Waals surface area contributed by atoms with Crippen LogP contribution in [0.3, 0.4) is 0 Å². The Morgan fingerprint density at radius 3 is 2.48 bits per heavy atom. The van der Waals surface area contributed by atoms with Gasteiger partial charge in [-0.3, -0.25) is 0 Å². The van der Waals surface area contributed by atoms with Gasteiger partial charge >= 0.3 is 0 Å². The first-order valence-corrected chi connectivity index (χ1v) is 8.51. The predicted molar refractivity (Wildman–Crippen MR) is 95.1 cm³/mol. The van der Waals surface area contributed by atoms with Gasteiger partial charge in [0.1, 0.15) is 0 Å². The quantitative estimate of drug-likeness (QED) is 0.692. The monoisotopic (exact) mass is 365 g/mol. The molecule has 0 amide bonds. The zero-order chi connectivity index (χ0) is 15.2. The van der Waals surface area contributed by atoms with E-state index in [-0.39, 0.29) is 0 Å². The van der Waals surface area contributed by atoms with E-state index >= 15 is 0 Å². The lowest BCUT2D eigenvalue weighted by atomic mass is 9.98. The van der Waals surface area contributed by atoms with Crippen molar-refractivity contribution in [3.05, 3.63) is 68.7 Å². The van der Waals surface area contributed by atoms with Crippen LogP contribution in [0.5, 0.6) is 0 Å². The number of hydrogen-bond acceptors (Lipinski definition) is 1. The molecule has 0 radical (unpaired) electrons. The van der Waals surface area contributed by atoms with E-state index in [2.05, 4.69) is 71.5 Å². The van der Waals surface area contributed by atoms with E-state index in [1.165, 1.54) is 16.7 Å². The second-order valence-electron chi connectivity index (χ2n) is 5.37. The van der Waals surface area contributed by atoms with Gasteiger partial charge in [-0.1, -0.05) is 54.4 Å². The Labute approximate surface area is 140 Å². The molecule has 0 spiro atoms. The molecule has 0 saturated heterocycles. The number of nitrogens with one attached hydrogen (secondary N) is 1. The van der Waals surface area contributed by atoms with Crippen LogP contribution < -0.4 is 5.32 Å². The molecule has 2 aromatic rings. The highest BCUT2D eigenvalue weighted by atomic mass is 79.9. The molecule has 1 unspecified atom stereocenters. The number of hydrogen-bond donors (Lipinski definition) is 1. The Morgan fingerprint density at radius 2 is 1.86 bits per heavy atom. The summed E-state index contributed by atoms with van der Waals surface area (Å²) in [6.07, 6.45) is 2.10. The molecule has 0 aliphatic heterocycles. The molecule has 1 N–H and O–H groups in total. The average molecular weight is 367 g/mol. The second-order valence-corrected chi connectivity index (χ2v) is 6.63. The number of rotatable bonds is 6. The fourth-order valence-corrected chi connectivity index (χ4v) is 2.83. The summed E-state index contributed by atoms with van der Waals surface area (Å²) < 4.78 is 0.953. The zero-order valence-electron chi connectivity index (χ0n) is 12.5. The Bertz CT molecular complexity index is 580. The molecule has 0 aliphatic carbocycles. The lowest BCUT2D eigenvalue weighted by molar-refractivity contribution is 0.529. The van der Waals surface area contributed by atoms with Crippen molar-refractivity contribution in [1.29, 1.82) is 0 Å². The third kappa shape index (κ3) is 4.84. The number of benzene rings is 2. The van der Waals surface area contributed by atoms with Crippen molar-refractivity contribution in [2.45, 2.75) is 32.7 Å². The molecule has 112 valence electrons. The van der Waals surface area contributed by atoms with Crippen LogP contribution >= 0.6 is 27.5 Å². The van der Waals surface area contributed by atoms with E-state index in [1.807, 2.05) is 6.07 Å². The van der Waals surface area contributed by atoms with Gasteiger partial charge in [-0.15, -0.1) is 0 Å². The lowest BCUT2D eigenvalue weighted by Crippen LogP contribution is -2.24. The maximum atomic E-state index is 6.10. The minimum absolute atomic E-state index is 0.307. The molecule has 1 nitrogen and oxygen atoms in total. The summed E-state index contributed by atoms with van der Waals surface area (Å²) in [5.41, 5.74) is 3.91. The molecule has 21 heavy (non-hydrogen) atoms. The molecular weight excluding hydrogens is 346 g/mol. The molecule has 2 rings (SSSR count). The second kappa shape index (κ2) is 7.98. The highest BCUT2D eigenvalue weighted by molar-refractivity contribution is 9.10. The topological polar surface area (TPSA) is 12.0 Å². The summed E-state index contributed by atoms with van der Waals surface area (Å²) in [6, 6.07) is 15.2. The molecular formula is C18H21BrClN. The first-order chi connectivity index (χ1) is 10.1. The van der Waals surface area contributed by atoms with E-state index in [9.17, 15) is 0 Å². The van der Waals surface area contributed by atoms with E-state index in [0.29, 0.717) is 6.04 Å². The van der Waals surface area contributed by atoms with Gasteiger partial charge in [-0.2, -0.15) is 0 Å². The predicted octanol–water partition coefficient (Wildman–Crippen LogP) is 5.69. The summed E-state index contributed by atoms with van der Waals surface area (Å²) in [5, 5.41) is 4.38. The highest BCUT2D eigenvalue weighted by Gasteiger charge is 2.13. The van der Waals surface area contributed by atoms with Crippen molar-refractivity contribution in [2.75, 3.05) is 6.54 Å². The van der Waals surface area contributed by atoms with E-state index in [4.69, 9.17) is 11.6 Å². The van der Waals surface area contributed by atoms with Crippen LogP contribution in [-0.4, -0.2) is 6.54 Å². The van der Waals surface area contributed by atoms with Crippen LogP contribution in [0.15, 0.2) is 46.9 Å². The summed E-state index contributed by atoms with van der Waals surface area (Å²) in [4.78, 5) is 0.